The normalized spacial score (nSPS) is 9.47. The Hall–Kier alpha value is -2.11. The van der Waals surface area contributed by atoms with Gasteiger partial charge in [-0.1, -0.05) is 13.3 Å². The van der Waals surface area contributed by atoms with Crippen LogP contribution in [0.4, 0.5) is 0 Å². The van der Waals surface area contributed by atoms with E-state index in [-0.39, 0.29) is 5.69 Å². The van der Waals surface area contributed by atoms with Gasteiger partial charge in [-0.05, 0) is 6.42 Å². The number of imidazole rings is 2. The first-order valence-electron chi connectivity index (χ1n) is 5.44. The second-order valence-corrected chi connectivity index (χ2v) is 3.40. The molecule has 92 valence electrons. The molecule has 0 aromatic carbocycles. The minimum Gasteiger partial charge on any atom is -0.476 e. The van der Waals surface area contributed by atoms with Gasteiger partial charge >= 0.3 is 5.97 Å². The van der Waals surface area contributed by atoms with Crippen LogP contribution in [0.5, 0.6) is 0 Å². The zero-order valence-corrected chi connectivity index (χ0v) is 9.68. The molecule has 0 fully saturated rings. The van der Waals surface area contributed by atoms with Crippen LogP contribution >= 0.6 is 0 Å². The fraction of sp³-hybridized carbons (Fsp3) is 0.364. The van der Waals surface area contributed by atoms with Crippen LogP contribution in [-0.4, -0.2) is 31.0 Å². The van der Waals surface area contributed by atoms with Crippen molar-refractivity contribution in [3.63, 3.8) is 0 Å². The van der Waals surface area contributed by atoms with E-state index in [1.54, 1.807) is 6.20 Å². The summed E-state index contributed by atoms with van der Waals surface area (Å²) in [6.45, 7) is 2.18. The van der Waals surface area contributed by atoms with Gasteiger partial charge in [-0.25, -0.2) is 14.8 Å². The number of aromatic carboxylic acids is 1. The van der Waals surface area contributed by atoms with Crippen LogP contribution in [0.3, 0.4) is 0 Å². The summed E-state index contributed by atoms with van der Waals surface area (Å²) in [4.78, 5) is 23.1. The Morgan fingerprint density at radius 2 is 2.29 bits per heavy atom. The number of nitrogens with zero attached hydrogens (tertiary/aromatic N) is 2. The molecule has 0 saturated carbocycles. The van der Waals surface area contributed by atoms with Gasteiger partial charge in [-0.3, -0.25) is 0 Å². The molecular weight excluding hydrogens is 220 g/mol. The second-order valence-electron chi connectivity index (χ2n) is 3.40. The number of carboxylic acids is 1. The van der Waals surface area contributed by atoms with Crippen LogP contribution in [-0.2, 0) is 6.42 Å². The third kappa shape index (κ3) is 4.96. The molecule has 17 heavy (non-hydrogen) atoms. The maximum atomic E-state index is 9.98. The lowest BCUT2D eigenvalue weighted by Crippen LogP contribution is -1.94. The molecular formula is C11H16N4O2. The molecule has 6 heteroatoms. The van der Waals surface area contributed by atoms with E-state index in [4.69, 9.17) is 5.11 Å². The first kappa shape index (κ1) is 13.0. The number of rotatable bonds is 4. The standard InChI is InChI=1S/C7H12N2.C4H4N2O2/c1-2-3-4-7-8-5-6-9-7;7-4(8)3-1-5-2-6-3/h5-6H,2-4H2,1H3,(H,8,9);1-2H,(H,5,6)(H,7,8). The highest BCUT2D eigenvalue weighted by Crippen LogP contribution is 1.96. The van der Waals surface area contributed by atoms with Crippen molar-refractivity contribution in [1.82, 2.24) is 19.9 Å². The molecule has 0 aliphatic heterocycles. The van der Waals surface area contributed by atoms with Crippen LogP contribution in [0, 0.1) is 0 Å². The maximum Gasteiger partial charge on any atom is 0.356 e. The number of hydrogen-bond acceptors (Lipinski definition) is 3. The molecule has 2 aromatic heterocycles. The van der Waals surface area contributed by atoms with Crippen LogP contribution < -0.4 is 0 Å². The summed E-state index contributed by atoms with van der Waals surface area (Å²) in [5.74, 6) is 0.100. The van der Waals surface area contributed by atoms with Crippen molar-refractivity contribution < 1.29 is 9.90 Å². The van der Waals surface area contributed by atoms with Gasteiger partial charge in [-0.2, -0.15) is 0 Å². The van der Waals surface area contributed by atoms with E-state index in [9.17, 15) is 4.79 Å². The van der Waals surface area contributed by atoms with E-state index in [2.05, 4.69) is 26.9 Å². The van der Waals surface area contributed by atoms with Crippen molar-refractivity contribution in [2.75, 3.05) is 0 Å². The Morgan fingerprint density at radius 1 is 1.47 bits per heavy atom. The predicted molar refractivity (Wildman–Crippen MR) is 62.7 cm³/mol. The Kier molecular flexibility index (Phi) is 5.50. The molecule has 2 rings (SSSR count). The van der Waals surface area contributed by atoms with Crippen molar-refractivity contribution in [3.05, 3.63) is 36.4 Å². The Balaban J connectivity index is 0.000000171. The van der Waals surface area contributed by atoms with Crippen LogP contribution in [0.1, 0.15) is 36.1 Å². The zero-order chi connectivity index (χ0) is 12.5. The molecule has 0 saturated heterocycles. The van der Waals surface area contributed by atoms with Crippen molar-refractivity contribution in [1.29, 1.82) is 0 Å². The average Bonchev–Trinajstić information content (AvgIpc) is 3.00. The predicted octanol–water partition coefficient (Wildman–Crippen LogP) is 1.86. The van der Waals surface area contributed by atoms with Gasteiger partial charge in [0.25, 0.3) is 0 Å². The number of aromatic nitrogens is 4. The van der Waals surface area contributed by atoms with E-state index in [1.807, 2.05) is 6.20 Å². The average molecular weight is 236 g/mol. The molecule has 0 aliphatic carbocycles. The molecule has 6 nitrogen and oxygen atoms in total. The summed E-state index contributed by atoms with van der Waals surface area (Å²) in [5, 5.41) is 8.19. The maximum absolute atomic E-state index is 9.98. The van der Waals surface area contributed by atoms with Gasteiger partial charge < -0.3 is 15.1 Å². The Bertz CT molecular complexity index is 409. The van der Waals surface area contributed by atoms with E-state index < -0.39 is 5.97 Å². The quantitative estimate of drug-likeness (QED) is 0.755. The molecule has 0 atom stereocenters. The van der Waals surface area contributed by atoms with Gasteiger partial charge in [0.05, 0.1) is 6.33 Å². The molecule has 3 N–H and O–H groups in total. The Morgan fingerprint density at radius 3 is 2.71 bits per heavy atom. The third-order valence-corrected chi connectivity index (χ3v) is 2.04. The number of aromatic amines is 2. The smallest absolute Gasteiger partial charge is 0.356 e. The molecule has 0 spiro atoms. The number of unbranched alkanes of at least 4 members (excludes halogenated alkanes) is 1. The lowest BCUT2D eigenvalue weighted by Gasteiger charge is -1.90. The minimum absolute atomic E-state index is 0.0463. The summed E-state index contributed by atoms with van der Waals surface area (Å²) < 4.78 is 0. The zero-order valence-electron chi connectivity index (χ0n) is 9.68. The molecule has 2 heterocycles. The van der Waals surface area contributed by atoms with Gasteiger partial charge in [0, 0.05) is 25.0 Å². The Labute approximate surface area is 99.1 Å². The molecule has 0 amide bonds. The topological polar surface area (TPSA) is 94.7 Å². The number of aryl methyl sites for hydroxylation is 1. The van der Waals surface area contributed by atoms with Crippen molar-refractivity contribution in [3.8, 4) is 0 Å². The van der Waals surface area contributed by atoms with Gasteiger partial charge in [0.1, 0.15) is 5.82 Å². The summed E-state index contributed by atoms with van der Waals surface area (Å²) in [6, 6.07) is 0. The van der Waals surface area contributed by atoms with E-state index in [0.717, 1.165) is 12.2 Å². The highest BCUT2D eigenvalue weighted by molar-refractivity contribution is 5.84. The highest BCUT2D eigenvalue weighted by Gasteiger charge is 2.00. The first-order chi connectivity index (χ1) is 8.24. The van der Waals surface area contributed by atoms with Gasteiger partial charge in [0.15, 0.2) is 5.69 Å². The number of nitrogens with one attached hydrogen (secondary N) is 2. The number of H-pyrrole nitrogens is 2. The molecule has 0 unspecified atom stereocenters. The monoisotopic (exact) mass is 236 g/mol. The fourth-order valence-electron chi connectivity index (χ4n) is 1.16. The largest absolute Gasteiger partial charge is 0.476 e. The molecule has 0 bridgehead atoms. The SMILES string of the molecule is CCCCc1ncc[nH]1.O=C(O)c1c[nH]cn1. The van der Waals surface area contributed by atoms with Crippen LogP contribution in [0.25, 0.3) is 0 Å². The number of carboxylic acid groups (broad SMARTS) is 1. The van der Waals surface area contributed by atoms with E-state index >= 15 is 0 Å². The summed E-state index contributed by atoms with van der Waals surface area (Å²) in [7, 11) is 0. The molecule has 0 radical (unpaired) electrons. The van der Waals surface area contributed by atoms with E-state index in [1.165, 1.54) is 25.4 Å². The van der Waals surface area contributed by atoms with Crippen LogP contribution in [0.15, 0.2) is 24.9 Å². The van der Waals surface area contributed by atoms with Crippen LogP contribution in [0.2, 0.25) is 0 Å². The highest BCUT2D eigenvalue weighted by atomic mass is 16.4. The van der Waals surface area contributed by atoms with Gasteiger partial charge in [0.2, 0.25) is 0 Å². The number of carbonyl (C=O) groups is 1. The van der Waals surface area contributed by atoms with Crippen molar-refractivity contribution in [2.45, 2.75) is 26.2 Å². The summed E-state index contributed by atoms with van der Waals surface area (Å²) in [6.07, 6.45) is 9.86. The van der Waals surface area contributed by atoms with Crippen molar-refractivity contribution in [2.24, 2.45) is 0 Å². The fourth-order valence-corrected chi connectivity index (χ4v) is 1.16. The molecule has 0 aliphatic rings. The van der Waals surface area contributed by atoms with E-state index in [0.29, 0.717) is 0 Å². The minimum atomic E-state index is -1.01. The first-order valence-corrected chi connectivity index (χ1v) is 5.44. The number of hydrogen-bond donors (Lipinski definition) is 3. The second kappa shape index (κ2) is 7.21. The molecule has 2 aromatic rings. The van der Waals surface area contributed by atoms with Gasteiger partial charge in [-0.15, -0.1) is 0 Å². The third-order valence-electron chi connectivity index (χ3n) is 2.04. The summed E-state index contributed by atoms with van der Waals surface area (Å²) in [5.41, 5.74) is 0.0463. The van der Waals surface area contributed by atoms with Crippen molar-refractivity contribution >= 4 is 5.97 Å². The lowest BCUT2D eigenvalue weighted by molar-refractivity contribution is 0.0691. The lowest BCUT2D eigenvalue weighted by atomic mass is 10.2. The summed E-state index contributed by atoms with van der Waals surface area (Å²) >= 11 is 0.